The zero-order chi connectivity index (χ0) is 12.3. The first-order valence-corrected chi connectivity index (χ1v) is 6.80. The molecule has 1 N–H and O–H groups in total. The predicted molar refractivity (Wildman–Crippen MR) is 63.3 cm³/mol. The summed E-state index contributed by atoms with van der Waals surface area (Å²) in [5.74, 6) is 0.182. The van der Waals surface area contributed by atoms with Crippen LogP contribution in [0.5, 0.6) is 5.75 Å². The highest BCUT2D eigenvalue weighted by Gasteiger charge is 2.18. The van der Waals surface area contributed by atoms with Crippen molar-refractivity contribution in [3.8, 4) is 5.75 Å². The van der Waals surface area contributed by atoms with Crippen molar-refractivity contribution in [2.75, 3.05) is 18.7 Å². The van der Waals surface area contributed by atoms with Gasteiger partial charge in [-0.25, -0.2) is 8.42 Å². The van der Waals surface area contributed by atoms with E-state index >= 15 is 0 Å². The van der Waals surface area contributed by atoms with Crippen LogP contribution in [0.25, 0.3) is 0 Å². The second kappa shape index (κ2) is 4.93. The van der Waals surface area contributed by atoms with Gasteiger partial charge in [-0.05, 0) is 18.6 Å². The van der Waals surface area contributed by atoms with Gasteiger partial charge in [0.15, 0.2) is 9.84 Å². The number of rotatable bonds is 4. The first-order valence-electron chi connectivity index (χ1n) is 4.61. The Kier molecular flexibility index (Phi) is 4.04. The van der Waals surface area contributed by atoms with E-state index in [1.807, 2.05) is 0 Å². The molecule has 0 bridgehead atoms. The molecule has 0 aliphatic carbocycles. The first-order chi connectivity index (χ1) is 7.42. The molecule has 1 aromatic carbocycles. The van der Waals surface area contributed by atoms with Crippen LogP contribution in [0.2, 0.25) is 0 Å². The number of sulfone groups is 1. The Hall–Kier alpha value is -0.940. The minimum atomic E-state index is -3.39. The molecular weight excluding hydrogens is 250 g/mol. The van der Waals surface area contributed by atoms with Crippen LogP contribution >= 0.6 is 11.6 Å². The van der Waals surface area contributed by atoms with E-state index in [4.69, 9.17) is 22.1 Å². The van der Waals surface area contributed by atoms with E-state index in [-0.39, 0.29) is 28.0 Å². The van der Waals surface area contributed by atoms with E-state index in [0.29, 0.717) is 5.56 Å². The summed E-state index contributed by atoms with van der Waals surface area (Å²) in [6, 6.07) is 2.85. The topological polar surface area (TPSA) is 67.2 Å². The van der Waals surface area contributed by atoms with Crippen molar-refractivity contribution >= 4 is 27.1 Å². The van der Waals surface area contributed by atoms with Gasteiger partial charge in [0, 0.05) is 11.9 Å². The lowest BCUT2D eigenvalue weighted by atomic mass is 10.2. The summed E-state index contributed by atoms with van der Waals surface area (Å²) in [6.45, 7) is 1.65. The zero-order valence-electron chi connectivity index (χ0n) is 9.08. The van der Waals surface area contributed by atoms with Crippen LogP contribution in [0.3, 0.4) is 0 Å². The minimum Gasteiger partial charge on any atom is -0.494 e. The number of hydrogen-bond donors (Lipinski definition) is 0. The van der Waals surface area contributed by atoms with Gasteiger partial charge in [0.25, 0.3) is 0 Å². The number of halogens is 1. The molecule has 0 aliphatic rings. The Bertz CT molecular complexity index is 485. The lowest BCUT2D eigenvalue weighted by Gasteiger charge is -2.10. The van der Waals surface area contributed by atoms with Crippen molar-refractivity contribution in [1.29, 1.82) is 0 Å². The van der Waals surface area contributed by atoms with Crippen molar-refractivity contribution in [3.05, 3.63) is 17.7 Å². The Labute approximate surface area is 100 Å². The number of alkyl halides is 1. The van der Waals surface area contributed by atoms with Crippen LogP contribution in [-0.2, 0) is 9.84 Å². The van der Waals surface area contributed by atoms with Crippen LogP contribution in [-0.4, -0.2) is 27.2 Å². The van der Waals surface area contributed by atoms with Crippen molar-refractivity contribution < 1.29 is 13.2 Å². The largest absolute Gasteiger partial charge is 0.494 e. The summed E-state index contributed by atoms with van der Waals surface area (Å²) >= 11 is 5.45. The maximum absolute atomic E-state index is 11.8. The van der Waals surface area contributed by atoms with Crippen molar-refractivity contribution in [3.63, 3.8) is 0 Å². The number of ether oxygens (including phenoxy) is 1. The van der Waals surface area contributed by atoms with E-state index in [2.05, 4.69) is 0 Å². The SMILES string of the molecule is COc1cc(S(=O)(=O)CCCl)c(C)cc1[NH]. The van der Waals surface area contributed by atoms with Gasteiger partial charge in [0.2, 0.25) is 0 Å². The number of methoxy groups -OCH3 is 1. The van der Waals surface area contributed by atoms with E-state index in [1.165, 1.54) is 19.2 Å². The van der Waals surface area contributed by atoms with Crippen molar-refractivity contribution in [2.24, 2.45) is 0 Å². The smallest absolute Gasteiger partial charge is 0.179 e. The molecule has 0 fully saturated rings. The lowest BCUT2D eigenvalue weighted by molar-refractivity contribution is 0.414. The summed E-state index contributed by atoms with van der Waals surface area (Å²) < 4.78 is 28.6. The van der Waals surface area contributed by atoms with Gasteiger partial charge >= 0.3 is 0 Å². The summed E-state index contributed by atoms with van der Waals surface area (Å²) in [5.41, 5.74) is 8.28. The van der Waals surface area contributed by atoms with E-state index in [9.17, 15) is 8.42 Å². The quantitative estimate of drug-likeness (QED) is 0.779. The molecule has 0 heterocycles. The number of hydrogen-bond acceptors (Lipinski definition) is 3. The van der Waals surface area contributed by atoms with Crippen LogP contribution in [0.1, 0.15) is 5.56 Å². The fraction of sp³-hybridized carbons (Fsp3) is 0.400. The van der Waals surface area contributed by atoms with Gasteiger partial charge in [0.05, 0.1) is 23.4 Å². The Morgan fingerprint density at radius 1 is 1.44 bits per heavy atom. The predicted octanol–water partition coefficient (Wildman–Crippen LogP) is 1.93. The average Bonchev–Trinajstić information content (AvgIpc) is 2.17. The van der Waals surface area contributed by atoms with E-state index < -0.39 is 9.84 Å². The standard InChI is InChI=1S/C10H13ClNO3S/c1-7-5-8(12)9(15-2)6-10(7)16(13,14)4-3-11/h5-6,12H,3-4H2,1-2H3. The molecule has 6 heteroatoms. The first kappa shape index (κ1) is 13.1. The highest BCUT2D eigenvalue weighted by molar-refractivity contribution is 7.91. The Balaban J connectivity index is 3.34. The summed E-state index contributed by atoms with van der Waals surface area (Å²) in [7, 11) is -1.98. The van der Waals surface area contributed by atoms with Gasteiger partial charge in [-0.1, -0.05) is 0 Å². The maximum atomic E-state index is 11.8. The molecular formula is C10H13ClNO3S. The van der Waals surface area contributed by atoms with Crippen molar-refractivity contribution in [1.82, 2.24) is 5.73 Å². The zero-order valence-corrected chi connectivity index (χ0v) is 10.7. The third kappa shape index (κ3) is 2.59. The molecule has 89 valence electrons. The third-order valence-electron chi connectivity index (χ3n) is 2.18. The van der Waals surface area contributed by atoms with Crippen LogP contribution in [0.4, 0.5) is 5.69 Å². The normalized spacial score (nSPS) is 11.4. The highest BCUT2D eigenvalue weighted by Crippen LogP contribution is 2.29. The number of benzene rings is 1. The molecule has 1 aromatic rings. The lowest BCUT2D eigenvalue weighted by Crippen LogP contribution is -2.10. The number of nitrogens with one attached hydrogen (secondary N) is 1. The Morgan fingerprint density at radius 2 is 2.06 bits per heavy atom. The Morgan fingerprint density at radius 3 is 2.56 bits per heavy atom. The molecule has 0 aromatic heterocycles. The molecule has 0 saturated heterocycles. The van der Waals surface area contributed by atoms with E-state index in [0.717, 1.165) is 0 Å². The van der Waals surface area contributed by atoms with Gasteiger partial charge < -0.3 is 4.74 Å². The van der Waals surface area contributed by atoms with Crippen LogP contribution in [0.15, 0.2) is 17.0 Å². The third-order valence-corrected chi connectivity index (χ3v) is 4.44. The molecule has 0 aliphatic heterocycles. The maximum Gasteiger partial charge on any atom is 0.179 e. The molecule has 16 heavy (non-hydrogen) atoms. The molecule has 1 radical (unpaired) electrons. The monoisotopic (exact) mass is 262 g/mol. The fourth-order valence-corrected chi connectivity index (χ4v) is 3.25. The van der Waals surface area contributed by atoms with E-state index in [1.54, 1.807) is 6.92 Å². The molecule has 0 atom stereocenters. The van der Waals surface area contributed by atoms with Gasteiger partial charge in [-0.3, -0.25) is 5.73 Å². The molecule has 4 nitrogen and oxygen atoms in total. The van der Waals surface area contributed by atoms with Crippen molar-refractivity contribution in [2.45, 2.75) is 11.8 Å². The molecule has 0 amide bonds. The average molecular weight is 263 g/mol. The van der Waals surface area contributed by atoms with Gasteiger partial charge in [-0.15, -0.1) is 11.6 Å². The molecule has 0 saturated carbocycles. The molecule has 0 spiro atoms. The summed E-state index contributed by atoms with van der Waals surface area (Å²) in [6.07, 6.45) is 0. The van der Waals surface area contributed by atoms with Gasteiger partial charge in [0.1, 0.15) is 5.75 Å². The van der Waals surface area contributed by atoms with Crippen LogP contribution < -0.4 is 10.5 Å². The minimum absolute atomic E-state index is 0.0483. The molecule has 0 unspecified atom stereocenters. The van der Waals surface area contributed by atoms with Gasteiger partial charge in [-0.2, -0.15) is 0 Å². The second-order valence-corrected chi connectivity index (χ2v) is 5.78. The summed E-state index contributed by atoms with van der Waals surface area (Å²) in [4.78, 5) is 0.181. The van der Waals surface area contributed by atoms with Crippen LogP contribution in [0, 0.1) is 6.92 Å². The molecule has 1 rings (SSSR count). The summed E-state index contributed by atoms with van der Waals surface area (Å²) in [5, 5.41) is 0. The second-order valence-electron chi connectivity index (χ2n) is 3.33. The number of aryl methyl sites for hydroxylation is 1. The fourth-order valence-electron chi connectivity index (χ4n) is 1.38. The highest BCUT2D eigenvalue weighted by atomic mass is 35.5.